The molecule has 3 N–H and O–H groups in total. The van der Waals surface area contributed by atoms with E-state index >= 15 is 0 Å². The van der Waals surface area contributed by atoms with Gasteiger partial charge in [-0.15, -0.1) is 0 Å². The van der Waals surface area contributed by atoms with Gasteiger partial charge >= 0.3 is 0 Å². The van der Waals surface area contributed by atoms with E-state index in [-0.39, 0.29) is 0 Å². The number of nitrogens with one attached hydrogen (secondary N) is 1. The van der Waals surface area contributed by atoms with Crippen LogP contribution in [-0.2, 0) is 0 Å². The first-order chi connectivity index (χ1) is 5.88. The maximum atomic E-state index is 5.68. The van der Waals surface area contributed by atoms with Crippen molar-refractivity contribution in [2.75, 3.05) is 12.3 Å². The van der Waals surface area contributed by atoms with E-state index in [1.807, 2.05) is 10.8 Å². The summed E-state index contributed by atoms with van der Waals surface area (Å²) in [6.45, 7) is 1.09. The largest absolute Gasteiger partial charge is 0.369 e. The van der Waals surface area contributed by atoms with Gasteiger partial charge in [0.15, 0.2) is 0 Å². The molecule has 1 aromatic heterocycles. The van der Waals surface area contributed by atoms with Gasteiger partial charge in [-0.1, -0.05) is 0 Å². The van der Waals surface area contributed by atoms with E-state index < -0.39 is 0 Å². The zero-order valence-corrected chi connectivity index (χ0v) is 7.03. The molecule has 0 radical (unpaired) electrons. The molecule has 0 aromatic carbocycles. The Morgan fingerprint density at radius 1 is 1.58 bits per heavy atom. The number of nitrogen functional groups attached to an aromatic ring is 1. The molecule has 66 valence electrons. The average Bonchev–Trinajstić information content (AvgIpc) is 2.53. The fourth-order valence-electron chi connectivity index (χ4n) is 1.66. The minimum Gasteiger partial charge on any atom is -0.369 e. The Morgan fingerprint density at radius 3 is 3.08 bits per heavy atom. The minimum atomic E-state index is 0.362. The molecular weight excluding hydrogens is 152 g/mol. The molecule has 1 atom stereocenters. The predicted molar refractivity (Wildman–Crippen MR) is 47.5 cm³/mol. The van der Waals surface area contributed by atoms with Crippen molar-refractivity contribution in [3.05, 3.63) is 12.4 Å². The summed E-state index contributed by atoms with van der Waals surface area (Å²) in [5.41, 5.74) is 5.68. The number of nitrogens with two attached hydrogens (primary N) is 1. The number of hydrogen-bond acceptors (Lipinski definition) is 3. The molecule has 0 saturated carbocycles. The van der Waals surface area contributed by atoms with Crippen LogP contribution in [0.3, 0.4) is 0 Å². The highest BCUT2D eigenvalue weighted by molar-refractivity contribution is 5.17. The first-order valence-electron chi connectivity index (χ1n) is 4.39. The van der Waals surface area contributed by atoms with Crippen LogP contribution in [0.1, 0.15) is 25.4 Å². The molecule has 12 heavy (non-hydrogen) atoms. The van der Waals surface area contributed by atoms with Crippen LogP contribution in [0, 0.1) is 0 Å². The molecule has 1 aliphatic heterocycles. The number of piperidine rings is 1. The third kappa shape index (κ3) is 1.30. The second-order valence-electron chi connectivity index (χ2n) is 3.16. The molecule has 2 rings (SSSR count). The summed E-state index contributed by atoms with van der Waals surface area (Å²) in [6, 6.07) is 0. The van der Waals surface area contributed by atoms with Crippen molar-refractivity contribution in [3.63, 3.8) is 0 Å². The van der Waals surface area contributed by atoms with Crippen molar-refractivity contribution in [1.82, 2.24) is 14.9 Å². The van der Waals surface area contributed by atoms with Gasteiger partial charge in [0, 0.05) is 12.4 Å². The molecule has 4 heteroatoms. The second-order valence-corrected chi connectivity index (χ2v) is 3.16. The van der Waals surface area contributed by atoms with Gasteiger partial charge in [0.25, 0.3) is 0 Å². The van der Waals surface area contributed by atoms with Crippen LogP contribution in [0.2, 0.25) is 0 Å². The Kier molecular flexibility index (Phi) is 1.99. The first-order valence-corrected chi connectivity index (χ1v) is 4.39. The van der Waals surface area contributed by atoms with Gasteiger partial charge in [0.2, 0.25) is 5.95 Å². The number of hydrogen-bond donors (Lipinski definition) is 2. The molecule has 4 nitrogen and oxygen atoms in total. The molecule has 2 heterocycles. The fraction of sp³-hybridized carbons (Fsp3) is 0.625. The fourth-order valence-corrected chi connectivity index (χ4v) is 1.66. The van der Waals surface area contributed by atoms with Crippen LogP contribution in [-0.4, -0.2) is 16.1 Å². The standard InChI is InChI=1S/C8H14N4/c9-8-11-5-6-12(8)7-3-1-2-4-10-7/h5-7,10H,1-4H2,(H2,9,11). The highest BCUT2D eigenvalue weighted by atomic mass is 15.2. The molecule has 1 saturated heterocycles. The van der Waals surface area contributed by atoms with Gasteiger partial charge in [0.05, 0.1) is 6.17 Å². The summed E-state index contributed by atoms with van der Waals surface area (Å²) in [4.78, 5) is 3.99. The minimum absolute atomic E-state index is 0.362. The van der Waals surface area contributed by atoms with Crippen LogP contribution < -0.4 is 11.1 Å². The number of imidazole rings is 1. The van der Waals surface area contributed by atoms with Crippen LogP contribution in [0.5, 0.6) is 0 Å². The maximum Gasteiger partial charge on any atom is 0.201 e. The van der Waals surface area contributed by atoms with Crippen molar-refractivity contribution in [3.8, 4) is 0 Å². The molecule has 1 fully saturated rings. The highest BCUT2D eigenvalue weighted by Crippen LogP contribution is 2.18. The van der Waals surface area contributed by atoms with Gasteiger partial charge in [-0.05, 0) is 25.8 Å². The Labute approximate surface area is 71.8 Å². The highest BCUT2D eigenvalue weighted by Gasteiger charge is 2.15. The monoisotopic (exact) mass is 166 g/mol. The van der Waals surface area contributed by atoms with E-state index in [0.717, 1.165) is 13.0 Å². The smallest absolute Gasteiger partial charge is 0.201 e. The number of anilines is 1. The van der Waals surface area contributed by atoms with Crippen LogP contribution in [0.15, 0.2) is 12.4 Å². The van der Waals surface area contributed by atoms with Crippen molar-refractivity contribution >= 4 is 5.95 Å². The Morgan fingerprint density at radius 2 is 2.50 bits per heavy atom. The van der Waals surface area contributed by atoms with E-state index in [0.29, 0.717) is 12.1 Å². The van der Waals surface area contributed by atoms with Crippen LogP contribution >= 0.6 is 0 Å². The SMILES string of the molecule is Nc1nccn1C1CCCCN1. The quantitative estimate of drug-likeness (QED) is 0.647. The molecule has 0 bridgehead atoms. The van der Waals surface area contributed by atoms with Gasteiger partial charge in [-0.3, -0.25) is 5.32 Å². The third-order valence-corrected chi connectivity index (χ3v) is 2.32. The van der Waals surface area contributed by atoms with E-state index in [9.17, 15) is 0 Å². The van der Waals surface area contributed by atoms with E-state index in [4.69, 9.17) is 5.73 Å². The van der Waals surface area contributed by atoms with Gasteiger partial charge in [-0.25, -0.2) is 4.98 Å². The molecular formula is C8H14N4. The lowest BCUT2D eigenvalue weighted by molar-refractivity contribution is 0.324. The van der Waals surface area contributed by atoms with Crippen LogP contribution in [0.4, 0.5) is 5.95 Å². The first kappa shape index (κ1) is 7.61. The average molecular weight is 166 g/mol. The molecule has 0 amide bonds. The Hall–Kier alpha value is -1.03. The predicted octanol–water partition coefficient (Wildman–Crippen LogP) is 0.737. The van der Waals surface area contributed by atoms with Crippen LogP contribution in [0.25, 0.3) is 0 Å². The summed E-state index contributed by atoms with van der Waals surface area (Å²) in [7, 11) is 0. The lowest BCUT2D eigenvalue weighted by atomic mass is 10.1. The van der Waals surface area contributed by atoms with Gasteiger partial charge in [0.1, 0.15) is 0 Å². The second kappa shape index (κ2) is 3.15. The van der Waals surface area contributed by atoms with Gasteiger partial charge in [-0.2, -0.15) is 0 Å². The maximum absolute atomic E-state index is 5.68. The molecule has 0 spiro atoms. The molecule has 1 unspecified atom stereocenters. The number of nitrogens with zero attached hydrogens (tertiary/aromatic N) is 2. The summed E-state index contributed by atoms with van der Waals surface area (Å²) in [5, 5.41) is 3.41. The van der Waals surface area contributed by atoms with Crippen molar-refractivity contribution in [2.24, 2.45) is 0 Å². The topological polar surface area (TPSA) is 55.9 Å². The molecule has 1 aliphatic rings. The zero-order chi connectivity index (χ0) is 8.39. The van der Waals surface area contributed by atoms with Crippen molar-refractivity contribution in [2.45, 2.75) is 25.4 Å². The lowest BCUT2D eigenvalue weighted by Crippen LogP contribution is -2.31. The number of aromatic nitrogens is 2. The summed E-state index contributed by atoms with van der Waals surface area (Å²) in [6.07, 6.45) is 7.73. The summed E-state index contributed by atoms with van der Waals surface area (Å²) >= 11 is 0. The molecule has 0 aliphatic carbocycles. The summed E-state index contributed by atoms with van der Waals surface area (Å²) < 4.78 is 2.00. The lowest BCUT2D eigenvalue weighted by Gasteiger charge is -2.25. The number of rotatable bonds is 1. The Bertz CT molecular complexity index is 249. The molecule has 1 aromatic rings. The third-order valence-electron chi connectivity index (χ3n) is 2.32. The van der Waals surface area contributed by atoms with Crippen molar-refractivity contribution in [1.29, 1.82) is 0 Å². The normalized spacial score (nSPS) is 24.2. The summed E-state index contributed by atoms with van der Waals surface area (Å²) in [5.74, 6) is 0.606. The van der Waals surface area contributed by atoms with E-state index in [1.165, 1.54) is 12.8 Å². The van der Waals surface area contributed by atoms with Crippen molar-refractivity contribution < 1.29 is 0 Å². The van der Waals surface area contributed by atoms with Gasteiger partial charge < -0.3 is 10.3 Å². The van der Waals surface area contributed by atoms with E-state index in [2.05, 4.69) is 10.3 Å². The zero-order valence-electron chi connectivity index (χ0n) is 7.03. The van der Waals surface area contributed by atoms with E-state index in [1.54, 1.807) is 6.20 Å². The Balaban J connectivity index is 2.13.